The number of aromatic hydroxyl groups is 1. The molecule has 8 atom stereocenters. The van der Waals surface area contributed by atoms with Gasteiger partial charge in [-0.15, -0.1) is 0 Å². The molecule has 21 N–H and O–H groups in total. The van der Waals surface area contributed by atoms with E-state index in [1.54, 1.807) is 74.5 Å². The second-order valence-electron chi connectivity index (χ2n) is 21.4. The summed E-state index contributed by atoms with van der Waals surface area (Å²) in [6.07, 6.45) is -1.36. The Kier molecular flexibility index (Phi) is 28.4. The molecule has 472 valence electrons. The highest BCUT2D eigenvalue weighted by Gasteiger charge is 2.40. The number of nitrogens with one attached hydrogen (secondary N) is 7. The van der Waals surface area contributed by atoms with Crippen molar-refractivity contribution in [1.82, 2.24) is 42.1 Å². The molecule has 3 aromatic carbocycles. The van der Waals surface area contributed by atoms with Crippen molar-refractivity contribution >= 4 is 77.0 Å². The zero-order valence-electron chi connectivity index (χ0n) is 48.8. The smallest absolute Gasteiger partial charge is 0.303 e. The van der Waals surface area contributed by atoms with Crippen molar-refractivity contribution in [3.63, 3.8) is 0 Å². The predicted octanol–water partition coefficient (Wildman–Crippen LogP) is -2.82. The number of aliphatic imine (C=N–C) groups is 2. The minimum Gasteiger partial charge on any atom is -0.508 e. The number of phenolic OH excluding ortho intramolecular Hbond substituents is 1. The summed E-state index contributed by atoms with van der Waals surface area (Å²) in [5, 5.41) is 37.8. The van der Waals surface area contributed by atoms with E-state index in [9.17, 15) is 63.0 Å². The fourth-order valence-electron chi connectivity index (χ4n) is 9.48. The maximum absolute atomic E-state index is 14.8. The number of rotatable bonds is 36. The van der Waals surface area contributed by atoms with Crippen LogP contribution in [0.5, 0.6) is 5.75 Å². The molecule has 4 rings (SSSR count). The van der Waals surface area contributed by atoms with Crippen molar-refractivity contribution in [3.8, 4) is 5.75 Å². The Bertz CT molecular complexity index is 2910. The van der Waals surface area contributed by atoms with Crippen LogP contribution in [0.1, 0.15) is 94.7 Å². The SMILES string of the molecule is CC(C)C[C@H](NC(=O)[C@H](Cc1ccccc1)NC(=O)[C@H](Cc1ccc(O)cc1)NC(=O)CCC(=O)O)C(=O)N[C@@H](Cc1ccccc1)C(=O)N[C@@H](CCCN=C(N)N)C(=O)N1CCC[C@H]1C(=O)N[C@@H](CCCN=C(N)N)C(=O)N[C@@H](CC(N)=O)C(N)=O. The Morgan fingerprint density at radius 1 is 0.540 bits per heavy atom. The summed E-state index contributed by atoms with van der Waals surface area (Å²) in [6.45, 7) is 3.70. The standard InChI is InChI=1S/C58H82N16O13/c1-33(2)28-41(71-54(85)44(30-35-14-7-4-8-15-35)73-52(83)42(67-47(77)23-24-48(78)79)31-36-19-21-37(75)22-20-36)51(82)72-43(29-34-12-5-3-6-13-34)53(84)69-39(17-10-26-66-58(63)64)56(87)74-27-11-18-45(74)55(86)68-38(16-9-25-65-57(61)62)50(81)70-40(49(60)80)32-46(59)76/h3-8,12-15,19-22,33,38-45,75H,9-11,16-18,23-32H2,1-2H3,(H2,59,76)(H2,60,80)(H,67,77)(H,68,86)(H,69,84)(H,70,81)(H,71,85)(H,72,82)(H,73,83)(H,78,79)(H4,61,62,65)(H4,63,64,66)/t38-,39-,40-,41-,42-,43-,44-,45-/m0/s1. The number of amides is 10. The summed E-state index contributed by atoms with van der Waals surface area (Å²) in [4.78, 5) is 159. The fourth-order valence-corrected chi connectivity index (χ4v) is 9.48. The Morgan fingerprint density at radius 2 is 0.977 bits per heavy atom. The minimum atomic E-state index is -1.52. The van der Waals surface area contributed by atoms with Crippen molar-refractivity contribution in [1.29, 1.82) is 0 Å². The van der Waals surface area contributed by atoms with Crippen molar-refractivity contribution in [2.45, 2.75) is 146 Å². The van der Waals surface area contributed by atoms with Gasteiger partial charge in [-0.05, 0) is 79.7 Å². The zero-order chi connectivity index (χ0) is 64.2. The van der Waals surface area contributed by atoms with Crippen molar-refractivity contribution < 1.29 is 63.0 Å². The van der Waals surface area contributed by atoms with Crippen LogP contribution in [0.2, 0.25) is 0 Å². The molecule has 0 aromatic heterocycles. The van der Waals surface area contributed by atoms with Gasteiger partial charge < -0.3 is 86.7 Å². The molecule has 29 heteroatoms. The molecule has 0 aliphatic carbocycles. The molecule has 0 radical (unpaired) electrons. The van der Waals surface area contributed by atoms with Crippen LogP contribution in [0.25, 0.3) is 0 Å². The van der Waals surface area contributed by atoms with Crippen LogP contribution in [-0.4, -0.2) is 160 Å². The van der Waals surface area contributed by atoms with E-state index < -0.39 is 133 Å². The van der Waals surface area contributed by atoms with Crippen LogP contribution < -0.4 is 71.6 Å². The zero-order valence-corrected chi connectivity index (χ0v) is 48.8. The largest absolute Gasteiger partial charge is 0.508 e. The summed E-state index contributed by atoms with van der Waals surface area (Å²) < 4.78 is 0. The van der Waals surface area contributed by atoms with Crippen LogP contribution in [0, 0.1) is 5.92 Å². The van der Waals surface area contributed by atoms with Gasteiger partial charge in [0.1, 0.15) is 54.1 Å². The maximum atomic E-state index is 14.8. The van der Waals surface area contributed by atoms with Gasteiger partial charge in [-0.25, -0.2) is 0 Å². The van der Waals surface area contributed by atoms with Gasteiger partial charge in [-0.1, -0.05) is 86.6 Å². The molecule has 0 unspecified atom stereocenters. The third kappa shape index (κ3) is 25.1. The molecule has 29 nitrogen and oxygen atoms in total. The first-order valence-electron chi connectivity index (χ1n) is 28.5. The number of nitrogens with two attached hydrogens (primary N) is 6. The highest BCUT2D eigenvalue weighted by Crippen LogP contribution is 2.21. The van der Waals surface area contributed by atoms with Crippen molar-refractivity contribution in [2.24, 2.45) is 50.3 Å². The van der Waals surface area contributed by atoms with Crippen molar-refractivity contribution in [2.75, 3.05) is 19.6 Å². The Morgan fingerprint density at radius 3 is 1.45 bits per heavy atom. The summed E-state index contributed by atoms with van der Waals surface area (Å²) in [6, 6.07) is 12.1. The number of primary amides is 2. The number of phenols is 1. The van der Waals surface area contributed by atoms with E-state index in [4.69, 9.17) is 34.4 Å². The van der Waals surface area contributed by atoms with Gasteiger partial charge in [-0.2, -0.15) is 0 Å². The molecule has 10 amide bonds. The van der Waals surface area contributed by atoms with Crippen LogP contribution in [-0.2, 0) is 72.0 Å². The number of guanidine groups is 2. The highest BCUT2D eigenvalue weighted by molar-refractivity contribution is 5.99. The predicted molar refractivity (Wildman–Crippen MR) is 320 cm³/mol. The Labute approximate surface area is 503 Å². The van der Waals surface area contributed by atoms with Crippen LogP contribution in [0.3, 0.4) is 0 Å². The number of benzene rings is 3. The maximum Gasteiger partial charge on any atom is 0.303 e. The molecule has 0 bridgehead atoms. The number of nitrogens with zero attached hydrogens (tertiary/aromatic N) is 3. The molecule has 3 aromatic rings. The van der Waals surface area contributed by atoms with Gasteiger partial charge in [0.2, 0.25) is 59.1 Å². The average Bonchev–Trinajstić information content (AvgIpc) is 2.64. The lowest BCUT2D eigenvalue weighted by molar-refractivity contribution is -0.142. The molecule has 1 fully saturated rings. The number of carbonyl (C=O) groups excluding carboxylic acids is 10. The van der Waals surface area contributed by atoms with E-state index in [0.717, 1.165) is 0 Å². The van der Waals surface area contributed by atoms with Gasteiger partial charge in [0.15, 0.2) is 11.9 Å². The van der Waals surface area contributed by atoms with E-state index in [2.05, 4.69) is 47.2 Å². The molecule has 87 heavy (non-hydrogen) atoms. The lowest BCUT2D eigenvalue weighted by Gasteiger charge is -2.31. The number of carboxylic acids is 1. The lowest BCUT2D eigenvalue weighted by Crippen LogP contribution is -2.61. The molecule has 1 saturated heterocycles. The molecular weight excluding hydrogens is 1130 g/mol. The second-order valence-corrected chi connectivity index (χ2v) is 21.4. The van der Waals surface area contributed by atoms with Crippen LogP contribution >= 0.6 is 0 Å². The molecule has 1 heterocycles. The number of aliphatic carboxylic acids is 1. The van der Waals surface area contributed by atoms with Gasteiger partial charge in [0.05, 0.1) is 12.8 Å². The number of likely N-dealkylation sites (tertiary alicyclic amines) is 1. The molecular formula is C58H82N16O13. The van der Waals surface area contributed by atoms with E-state index in [-0.39, 0.29) is 101 Å². The van der Waals surface area contributed by atoms with Crippen molar-refractivity contribution in [3.05, 3.63) is 102 Å². The van der Waals surface area contributed by atoms with Gasteiger partial charge in [0.25, 0.3) is 0 Å². The monoisotopic (exact) mass is 1210 g/mol. The minimum absolute atomic E-state index is 0.0224. The van der Waals surface area contributed by atoms with Crippen LogP contribution in [0.4, 0.5) is 0 Å². The van der Waals surface area contributed by atoms with Gasteiger partial charge in [-0.3, -0.25) is 62.7 Å². The first kappa shape index (κ1) is 69.7. The van der Waals surface area contributed by atoms with Gasteiger partial charge in [0, 0.05) is 45.3 Å². The summed E-state index contributed by atoms with van der Waals surface area (Å²) in [7, 11) is 0. The average molecular weight is 1210 g/mol. The van der Waals surface area contributed by atoms with Crippen LogP contribution in [0.15, 0.2) is 94.9 Å². The number of carboxylic acid groups (broad SMARTS) is 1. The highest BCUT2D eigenvalue weighted by atomic mass is 16.4. The summed E-state index contributed by atoms with van der Waals surface area (Å²) in [5.74, 6) is -10.4. The van der Waals surface area contributed by atoms with E-state index in [1.807, 2.05) is 0 Å². The molecule has 1 aliphatic rings. The second kappa shape index (κ2) is 35.5. The van der Waals surface area contributed by atoms with E-state index in [0.29, 0.717) is 23.1 Å². The topological polar surface area (TPSA) is 497 Å². The normalized spacial score (nSPS) is 15.1. The Hall–Kier alpha value is -9.83. The Balaban J connectivity index is 1.66. The summed E-state index contributed by atoms with van der Waals surface area (Å²) in [5.41, 5.74) is 34.5. The molecule has 0 spiro atoms. The quantitative estimate of drug-likeness (QED) is 0.0159. The third-order valence-corrected chi connectivity index (χ3v) is 13.8. The third-order valence-electron chi connectivity index (χ3n) is 13.8. The van der Waals surface area contributed by atoms with Gasteiger partial charge >= 0.3 is 5.97 Å². The fraction of sp³-hybridized carbons (Fsp3) is 0.466. The number of carbonyl (C=O) groups is 11. The van der Waals surface area contributed by atoms with E-state index in [1.165, 1.54) is 29.2 Å². The summed E-state index contributed by atoms with van der Waals surface area (Å²) >= 11 is 0. The van der Waals surface area contributed by atoms with E-state index >= 15 is 0 Å². The lowest BCUT2D eigenvalue weighted by atomic mass is 9.99. The first-order valence-corrected chi connectivity index (χ1v) is 28.5. The molecule has 1 aliphatic heterocycles. The first-order chi connectivity index (χ1) is 41.3. The molecule has 0 saturated carbocycles. The number of hydrogen-bond acceptors (Lipinski definition) is 14. The number of hydrogen-bond donors (Lipinski definition) is 15.